The SMILES string of the molecule is COc1ccc(N2CCN(C(=O)CCCc3c(-c4ccccn4)[nH]c4ccc(C)cc34)CC2)cc1. The van der Waals surface area contributed by atoms with Crippen molar-refractivity contribution in [1.82, 2.24) is 14.9 Å². The number of carbonyl (C=O) groups is 1. The Bertz CT molecular complexity index is 1290. The summed E-state index contributed by atoms with van der Waals surface area (Å²) < 4.78 is 5.25. The highest BCUT2D eigenvalue weighted by Crippen LogP contribution is 2.31. The number of hydrogen-bond donors (Lipinski definition) is 1. The maximum absolute atomic E-state index is 13.0. The predicted molar refractivity (Wildman–Crippen MR) is 141 cm³/mol. The summed E-state index contributed by atoms with van der Waals surface area (Å²) in [5.74, 6) is 1.11. The summed E-state index contributed by atoms with van der Waals surface area (Å²) in [6.07, 6.45) is 4.04. The lowest BCUT2D eigenvalue weighted by atomic mass is 10.0. The molecule has 0 aliphatic carbocycles. The number of benzene rings is 2. The average molecular weight is 469 g/mol. The van der Waals surface area contributed by atoms with Gasteiger partial charge in [0.2, 0.25) is 5.91 Å². The molecule has 0 atom stereocenters. The fourth-order valence-corrected chi connectivity index (χ4v) is 4.93. The molecule has 3 heterocycles. The number of carbonyl (C=O) groups excluding carboxylic acids is 1. The Labute approximate surface area is 206 Å². The minimum Gasteiger partial charge on any atom is -0.497 e. The highest BCUT2D eigenvalue weighted by molar-refractivity contribution is 5.90. The predicted octanol–water partition coefficient (Wildman–Crippen LogP) is 5.22. The molecule has 2 aromatic carbocycles. The zero-order valence-electron chi connectivity index (χ0n) is 20.5. The standard InChI is InChI=1S/C29H32N4O2/c1-21-9-14-26-25(20-21)24(29(31-26)27-7-3-4-15-30-27)6-5-8-28(34)33-18-16-32(17-19-33)22-10-12-23(35-2)13-11-22/h3-4,7,9-15,20,31H,5-6,8,16-19H2,1-2H3. The van der Waals surface area contributed by atoms with Gasteiger partial charge in [-0.05, 0) is 73.9 Å². The quantitative estimate of drug-likeness (QED) is 0.404. The number of pyridine rings is 1. The van der Waals surface area contributed by atoms with Crippen molar-refractivity contribution < 1.29 is 9.53 Å². The van der Waals surface area contributed by atoms with Gasteiger partial charge in [0.25, 0.3) is 0 Å². The molecule has 1 fully saturated rings. The zero-order chi connectivity index (χ0) is 24.2. The first-order valence-electron chi connectivity index (χ1n) is 12.3. The Kier molecular flexibility index (Phi) is 6.70. The Hall–Kier alpha value is -3.80. The van der Waals surface area contributed by atoms with E-state index in [1.165, 1.54) is 22.2 Å². The molecule has 0 saturated carbocycles. The monoisotopic (exact) mass is 468 g/mol. The molecular formula is C29H32N4O2. The highest BCUT2D eigenvalue weighted by Gasteiger charge is 2.22. The van der Waals surface area contributed by atoms with E-state index in [0.29, 0.717) is 6.42 Å². The van der Waals surface area contributed by atoms with Gasteiger partial charge in [0, 0.05) is 55.4 Å². The Balaban J connectivity index is 1.21. The van der Waals surface area contributed by atoms with Crippen LogP contribution in [0.3, 0.4) is 0 Å². The van der Waals surface area contributed by atoms with Crippen LogP contribution in [0.1, 0.15) is 24.0 Å². The van der Waals surface area contributed by atoms with E-state index in [-0.39, 0.29) is 5.91 Å². The number of anilines is 1. The molecule has 1 aliphatic rings. The second-order valence-corrected chi connectivity index (χ2v) is 9.16. The molecule has 1 amide bonds. The number of aryl methyl sites for hydroxylation is 2. The molecule has 6 heteroatoms. The minimum absolute atomic E-state index is 0.245. The number of aromatic amines is 1. The van der Waals surface area contributed by atoms with Crippen LogP contribution in [0.15, 0.2) is 66.9 Å². The van der Waals surface area contributed by atoms with E-state index in [0.717, 1.165) is 61.7 Å². The molecule has 0 bridgehead atoms. The molecule has 1 aliphatic heterocycles. The number of piperazine rings is 1. The van der Waals surface area contributed by atoms with Gasteiger partial charge in [-0.2, -0.15) is 0 Å². The molecule has 2 aromatic heterocycles. The Morgan fingerprint density at radius 1 is 1.03 bits per heavy atom. The van der Waals surface area contributed by atoms with E-state index < -0.39 is 0 Å². The average Bonchev–Trinajstić information content (AvgIpc) is 3.27. The Morgan fingerprint density at radius 2 is 1.83 bits per heavy atom. The summed E-state index contributed by atoms with van der Waals surface area (Å²) in [4.78, 5) is 25.5. The van der Waals surface area contributed by atoms with Crippen LogP contribution in [0, 0.1) is 6.92 Å². The molecule has 0 radical (unpaired) electrons. The summed E-state index contributed by atoms with van der Waals surface area (Å²) in [7, 11) is 1.68. The number of nitrogens with zero attached hydrogens (tertiary/aromatic N) is 3. The first-order chi connectivity index (χ1) is 17.1. The summed E-state index contributed by atoms with van der Waals surface area (Å²) in [5, 5.41) is 1.23. The van der Waals surface area contributed by atoms with Crippen LogP contribution in [-0.4, -0.2) is 54.1 Å². The largest absolute Gasteiger partial charge is 0.497 e. The molecule has 180 valence electrons. The van der Waals surface area contributed by atoms with Gasteiger partial charge in [-0.25, -0.2) is 0 Å². The number of ether oxygens (including phenoxy) is 1. The van der Waals surface area contributed by atoms with E-state index in [1.54, 1.807) is 7.11 Å². The van der Waals surface area contributed by atoms with Crippen LogP contribution < -0.4 is 9.64 Å². The van der Waals surface area contributed by atoms with Crippen molar-refractivity contribution in [2.45, 2.75) is 26.2 Å². The first kappa shape index (κ1) is 23.0. The van der Waals surface area contributed by atoms with Gasteiger partial charge in [-0.3, -0.25) is 9.78 Å². The summed E-state index contributed by atoms with van der Waals surface area (Å²) in [6, 6.07) is 20.6. The highest BCUT2D eigenvalue weighted by atomic mass is 16.5. The molecule has 35 heavy (non-hydrogen) atoms. The lowest BCUT2D eigenvalue weighted by Gasteiger charge is -2.36. The van der Waals surface area contributed by atoms with Crippen molar-refractivity contribution in [3.05, 3.63) is 78.0 Å². The third-order valence-electron chi connectivity index (χ3n) is 6.87. The van der Waals surface area contributed by atoms with E-state index in [9.17, 15) is 4.79 Å². The molecule has 1 N–H and O–H groups in total. The number of rotatable bonds is 7. The summed E-state index contributed by atoms with van der Waals surface area (Å²) in [5.41, 5.74) is 6.78. The first-order valence-corrected chi connectivity index (χ1v) is 12.3. The van der Waals surface area contributed by atoms with Crippen LogP contribution in [0.4, 0.5) is 5.69 Å². The molecule has 6 nitrogen and oxygen atoms in total. The van der Waals surface area contributed by atoms with Gasteiger partial charge < -0.3 is 19.5 Å². The number of aromatic nitrogens is 2. The van der Waals surface area contributed by atoms with Gasteiger partial charge in [0.1, 0.15) is 5.75 Å². The molecular weight excluding hydrogens is 436 g/mol. The number of methoxy groups -OCH3 is 1. The fourth-order valence-electron chi connectivity index (χ4n) is 4.93. The third kappa shape index (κ3) is 5.02. The lowest BCUT2D eigenvalue weighted by molar-refractivity contribution is -0.131. The van der Waals surface area contributed by atoms with Crippen LogP contribution in [0.25, 0.3) is 22.3 Å². The van der Waals surface area contributed by atoms with Crippen LogP contribution in [0.5, 0.6) is 5.75 Å². The fraction of sp³-hybridized carbons (Fsp3) is 0.310. The minimum atomic E-state index is 0.245. The van der Waals surface area contributed by atoms with E-state index in [1.807, 2.05) is 41.4 Å². The smallest absolute Gasteiger partial charge is 0.222 e. The van der Waals surface area contributed by atoms with Gasteiger partial charge in [0.05, 0.1) is 18.5 Å². The van der Waals surface area contributed by atoms with Crippen LogP contribution in [0.2, 0.25) is 0 Å². The second kappa shape index (κ2) is 10.2. The molecule has 4 aromatic rings. The van der Waals surface area contributed by atoms with Crippen molar-refractivity contribution in [2.24, 2.45) is 0 Å². The van der Waals surface area contributed by atoms with Crippen molar-refractivity contribution >= 4 is 22.5 Å². The van der Waals surface area contributed by atoms with Crippen LogP contribution in [-0.2, 0) is 11.2 Å². The second-order valence-electron chi connectivity index (χ2n) is 9.16. The Morgan fingerprint density at radius 3 is 2.54 bits per heavy atom. The summed E-state index contributed by atoms with van der Waals surface area (Å²) >= 11 is 0. The van der Waals surface area contributed by atoms with Gasteiger partial charge in [-0.15, -0.1) is 0 Å². The molecule has 5 rings (SSSR count). The maximum atomic E-state index is 13.0. The van der Waals surface area contributed by atoms with Gasteiger partial charge in [0.15, 0.2) is 0 Å². The third-order valence-corrected chi connectivity index (χ3v) is 6.87. The number of hydrogen-bond acceptors (Lipinski definition) is 4. The maximum Gasteiger partial charge on any atom is 0.222 e. The number of H-pyrrole nitrogens is 1. The van der Waals surface area contributed by atoms with E-state index >= 15 is 0 Å². The summed E-state index contributed by atoms with van der Waals surface area (Å²) in [6.45, 7) is 5.34. The number of fused-ring (bicyclic) bond motifs is 1. The van der Waals surface area contributed by atoms with Crippen molar-refractivity contribution in [2.75, 3.05) is 38.2 Å². The van der Waals surface area contributed by atoms with Crippen molar-refractivity contribution in [1.29, 1.82) is 0 Å². The number of amides is 1. The lowest BCUT2D eigenvalue weighted by Crippen LogP contribution is -2.48. The molecule has 1 saturated heterocycles. The van der Waals surface area contributed by atoms with Gasteiger partial charge >= 0.3 is 0 Å². The van der Waals surface area contributed by atoms with Crippen LogP contribution >= 0.6 is 0 Å². The van der Waals surface area contributed by atoms with Gasteiger partial charge in [-0.1, -0.05) is 17.7 Å². The normalized spacial score (nSPS) is 13.9. The molecule has 0 unspecified atom stereocenters. The zero-order valence-corrected chi connectivity index (χ0v) is 20.5. The van der Waals surface area contributed by atoms with Crippen molar-refractivity contribution in [3.63, 3.8) is 0 Å². The van der Waals surface area contributed by atoms with E-state index in [4.69, 9.17) is 4.74 Å². The van der Waals surface area contributed by atoms with E-state index in [2.05, 4.69) is 52.1 Å². The topological polar surface area (TPSA) is 61.5 Å². The number of nitrogens with one attached hydrogen (secondary N) is 1. The molecule has 0 spiro atoms. The van der Waals surface area contributed by atoms with Crippen molar-refractivity contribution in [3.8, 4) is 17.1 Å².